The minimum absolute atomic E-state index is 0.0254. The molecule has 3 N–H and O–H groups in total. The highest BCUT2D eigenvalue weighted by atomic mass is 19.2. The Bertz CT molecular complexity index is 1510. The number of aryl methyl sites for hydroxylation is 1. The Morgan fingerprint density at radius 1 is 1.00 bits per heavy atom. The molecule has 2 aromatic heterocycles. The first-order valence-corrected chi connectivity index (χ1v) is 11.5. The molecule has 4 rings (SSSR count). The summed E-state index contributed by atoms with van der Waals surface area (Å²) in [5.74, 6) is -4.25. The lowest BCUT2D eigenvalue weighted by molar-refractivity contribution is 0.0912. The van der Waals surface area contributed by atoms with Crippen molar-refractivity contribution in [2.45, 2.75) is 19.6 Å². The van der Waals surface area contributed by atoms with E-state index in [1.807, 2.05) is 0 Å². The Morgan fingerprint density at radius 2 is 1.74 bits per heavy atom. The van der Waals surface area contributed by atoms with Gasteiger partial charge in [-0.25, -0.2) is 27.3 Å². The van der Waals surface area contributed by atoms with E-state index in [0.717, 1.165) is 24.3 Å². The first-order chi connectivity index (χ1) is 18.6. The molecule has 2 heterocycles. The molecule has 0 radical (unpaired) electrons. The van der Waals surface area contributed by atoms with Crippen LogP contribution in [0.3, 0.4) is 0 Å². The van der Waals surface area contributed by atoms with E-state index >= 15 is 0 Å². The van der Waals surface area contributed by atoms with Gasteiger partial charge in [0, 0.05) is 18.8 Å². The number of carboxylic acid groups (broad SMARTS) is 1. The minimum atomic E-state index is -1.35. The number of pyridine rings is 1. The molecule has 2 amide bonds. The number of carbonyl (C=O) groups is 2. The fourth-order valence-electron chi connectivity index (χ4n) is 3.74. The Morgan fingerprint density at radius 3 is 2.44 bits per heavy atom. The van der Waals surface area contributed by atoms with Crippen molar-refractivity contribution in [1.82, 2.24) is 20.0 Å². The molecule has 9 nitrogen and oxygen atoms in total. The van der Waals surface area contributed by atoms with Crippen molar-refractivity contribution in [2.24, 2.45) is 0 Å². The second kappa shape index (κ2) is 11.7. The lowest BCUT2D eigenvalue weighted by Gasteiger charge is -2.19. The summed E-state index contributed by atoms with van der Waals surface area (Å²) in [6, 6.07) is 8.48. The Kier molecular flexibility index (Phi) is 8.18. The normalized spacial score (nSPS) is 11.7. The number of halogens is 4. The molecule has 0 saturated heterocycles. The number of benzene rings is 2. The van der Waals surface area contributed by atoms with E-state index in [4.69, 9.17) is 14.6 Å². The number of rotatable bonds is 10. The van der Waals surface area contributed by atoms with Crippen LogP contribution in [0.25, 0.3) is 5.65 Å². The van der Waals surface area contributed by atoms with Gasteiger partial charge in [-0.1, -0.05) is 6.07 Å². The van der Waals surface area contributed by atoms with Gasteiger partial charge in [0.15, 0.2) is 23.0 Å². The summed E-state index contributed by atoms with van der Waals surface area (Å²) in [4.78, 5) is 28.6. The van der Waals surface area contributed by atoms with Crippen molar-refractivity contribution in [3.05, 3.63) is 94.9 Å². The molecule has 39 heavy (non-hydrogen) atoms. The summed E-state index contributed by atoms with van der Waals surface area (Å²) in [7, 11) is 0. The molecule has 1 atom stereocenters. The molecule has 0 fully saturated rings. The number of fused-ring (bicyclic) bond motifs is 1. The van der Waals surface area contributed by atoms with E-state index in [0.29, 0.717) is 0 Å². The van der Waals surface area contributed by atoms with Crippen LogP contribution in [0.4, 0.5) is 22.4 Å². The average Bonchev–Trinajstić information content (AvgIpc) is 3.23. The highest BCUT2D eigenvalue weighted by molar-refractivity contribution is 5.95. The third-order valence-corrected chi connectivity index (χ3v) is 5.61. The molecule has 0 spiro atoms. The molecule has 4 aromatic rings. The fraction of sp³-hybridized carbons (Fsp3) is 0.192. The first-order valence-electron chi connectivity index (χ1n) is 11.5. The van der Waals surface area contributed by atoms with Gasteiger partial charge in [-0.15, -0.1) is 0 Å². The van der Waals surface area contributed by atoms with Crippen molar-refractivity contribution >= 4 is 17.6 Å². The van der Waals surface area contributed by atoms with E-state index in [-0.39, 0.29) is 47.2 Å². The number of nitrogens with one attached hydrogen (secondary N) is 2. The zero-order chi connectivity index (χ0) is 28.1. The Balaban J connectivity index is 1.53. The van der Waals surface area contributed by atoms with E-state index in [2.05, 4.69) is 15.6 Å². The summed E-state index contributed by atoms with van der Waals surface area (Å²) in [5.41, 5.74) is 0.304. The maximum Gasteiger partial charge on any atom is 0.404 e. The quantitative estimate of drug-likeness (QED) is 0.257. The molecular weight excluding hydrogens is 524 g/mol. The topological polar surface area (TPSA) is 114 Å². The van der Waals surface area contributed by atoms with Crippen LogP contribution < -0.4 is 20.1 Å². The van der Waals surface area contributed by atoms with Crippen LogP contribution in [-0.4, -0.2) is 45.7 Å². The van der Waals surface area contributed by atoms with Gasteiger partial charge in [0.1, 0.15) is 36.3 Å². The van der Waals surface area contributed by atoms with Gasteiger partial charge in [0.25, 0.3) is 5.91 Å². The molecule has 2 aromatic carbocycles. The van der Waals surface area contributed by atoms with Crippen molar-refractivity contribution in [1.29, 1.82) is 0 Å². The van der Waals surface area contributed by atoms with Crippen LogP contribution in [0.1, 0.15) is 21.7 Å². The molecule has 0 aliphatic rings. The Hall–Kier alpha value is -4.81. The molecule has 0 aliphatic heterocycles. The maximum absolute atomic E-state index is 14.0. The van der Waals surface area contributed by atoms with Crippen LogP contribution in [0.2, 0.25) is 0 Å². The van der Waals surface area contributed by atoms with Crippen molar-refractivity contribution in [2.75, 3.05) is 13.2 Å². The third-order valence-electron chi connectivity index (χ3n) is 5.61. The molecule has 1 unspecified atom stereocenters. The number of imidazole rings is 1. The molecule has 0 bridgehead atoms. The standard InChI is InChI=1S/C26H22F4N4O5/c1-14-23(25(35)33-15(11-31-26(36)37)12-38-16-7-8-20(29)21(30)10-16)34-9-3-6-22(24(34)32-14)39-13-17-18(27)4-2-5-19(17)28/h2-10,15,31H,11-13H2,1H3,(H,33,35)(H,36,37). The SMILES string of the molecule is Cc1nc2c(OCc3c(F)cccc3F)cccn2c1C(=O)NC(CNC(=O)O)COc1ccc(F)c(F)c1. The summed E-state index contributed by atoms with van der Waals surface area (Å²) in [5, 5.41) is 13.8. The second-order valence-corrected chi connectivity index (χ2v) is 8.34. The number of hydrogen-bond donors (Lipinski definition) is 3. The highest BCUT2D eigenvalue weighted by Gasteiger charge is 2.23. The molecule has 0 aliphatic carbocycles. The number of carbonyl (C=O) groups excluding carboxylic acids is 1. The van der Waals surface area contributed by atoms with Crippen LogP contribution in [0.5, 0.6) is 11.5 Å². The maximum atomic E-state index is 14.0. The van der Waals surface area contributed by atoms with Gasteiger partial charge in [-0.05, 0) is 43.3 Å². The predicted octanol–water partition coefficient (Wildman–Crippen LogP) is 4.22. The number of nitrogens with zero attached hydrogens (tertiary/aromatic N) is 2. The third kappa shape index (κ3) is 6.37. The van der Waals surface area contributed by atoms with E-state index in [9.17, 15) is 27.2 Å². The van der Waals surface area contributed by atoms with Gasteiger partial charge in [-0.3, -0.25) is 9.20 Å². The highest BCUT2D eigenvalue weighted by Crippen LogP contribution is 2.24. The second-order valence-electron chi connectivity index (χ2n) is 8.34. The van der Waals surface area contributed by atoms with Gasteiger partial charge >= 0.3 is 6.09 Å². The smallest absolute Gasteiger partial charge is 0.404 e. The predicted molar refractivity (Wildman–Crippen MR) is 130 cm³/mol. The van der Waals surface area contributed by atoms with Gasteiger partial charge in [0.2, 0.25) is 0 Å². The monoisotopic (exact) mass is 546 g/mol. The van der Waals surface area contributed by atoms with Crippen LogP contribution in [0.15, 0.2) is 54.7 Å². The van der Waals surface area contributed by atoms with Crippen LogP contribution in [-0.2, 0) is 6.61 Å². The van der Waals surface area contributed by atoms with E-state index in [1.54, 1.807) is 13.0 Å². The zero-order valence-electron chi connectivity index (χ0n) is 20.4. The summed E-state index contributed by atoms with van der Waals surface area (Å²) < 4.78 is 67.1. The van der Waals surface area contributed by atoms with Gasteiger partial charge < -0.3 is 25.2 Å². The van der Waals surface area contributed by atoms with Crippen molar-refractivity contribution < 1.29 is 41.7 Å². The Labute approximate surface area is 219 Å². The fourth-order valence-corrected chi connectivity index (χ4v) is 3.74. The van der Waals surface area contributed by atoms with E-state index < -0.39 is 47.9 Å². The summed E-state index contributed by atoms with van der Waals surface area (Å²) >= 11 is 0. The molecular formula is C26H22F4N4O5. The lowest BCUT2D eigenvalue weighted by Crippen LogP contribution is -2.47. The van der Waals surface area contributed by atoms with E-state index in [1.165, 1.54) is 28.8 Å². The molecule has 0 saturated carbocycles. The van der Waals surface area contributed by atoms with Crippen LogP contribution in [0, 0.1) is 30.2 Å². The average molecular weight is 546 g/mol. The molecule has 13 heteroatoms. The molecule has 204 valence electrons. The van der Waals surface area contributed by atoms with Crippen LogP contribution >= 0.6 is 0 Å². The largest absolute Gasteiger partial charge is 0.491 e. The number of amides is 2. The zero-order valence-corrected chi connectivity index (χ0v) is 20.4. The number of hydrogen-bond acceptors (Lipinski definition) is 5. The number of ether oxygens (including phenoxy) is 2. The minimum Gasteiger partial charge on any atom is -0.491 e. The van der Waals surface area contributed by atoms with Crippen molar-refractivity contribution in [3.63, 3.8) is 0 Å². The van der Waals surface area contributed by atoms with Gasteiger partial charge in [-0.2, -0.15) is 0 Å². The van der Waals surface area contributed by atoms with Crippen molar-refractivity contribution in [3.8, 4) is 11.5 Å². The number of aromatic nitrogens is 2. The first kappa shape index (κ1) is 27.2. The summed E-state index contributed by atoms with van der Waals surface area (Å²) in [6.45, 7) is 0.596. The van der Waals surface area contributed by atoms with Gasteiger partial charge in [0.05, 0.1) is 17.3 Å². The summed E-state index contributed by atoms with van der Waals surface area (Å²) in [6.07, 6.45) is 0.185. The lowest BCUT2D eigenvalue weighted by atomic mass is 10.2.